The summed E-state index contributed by atoms with van der Waals surface area (Å²) >= 11 is 0. The van der Waals surface area contributed by atoms with Gasteiger partial charge in [-0.15, -0.1) is 6.58 Å². The first kappa shape index (κ1) is 9.47. The third-order valence-electron chi connectivity index (χ3n) is 3.25. The van der Waals surface area contributed by atoms with Crippen LogP contribution < -0.4 is 5.32 Å². The number of benzene rings is 1. The average molecular weight is 187 g/mol. The van der Waals surface area contributed by atoms with E-state index in [4.69, 9.17) is 0 Å². The van der Waals surface area contributed by atoms with Gasteiger partial charge in [0.15, 0.2) is 0 Å². The van der Waals surface area contributed by atoms with Gasteiger partial charge < -0.3 is 0 Å². The van der Waals surface area contributed by atoms with Crippen molar-refractivity contribution < 1.29 is 0 Å². The standard InChI is InChI=1S/C13H17N/c1-4-10-13(12(2,3)14-13)11-8-6-5-7-9-11/h4-9,14H,1,10H2,2-3H3. The predicted molar refractivity (Wildman–Crippen MR) is 60.1 cm³/mol. The molecule has 0 bridgehead atoms. The van der Waals surface area contributed by atoms with Crippen LogP contribution in [0.5, 0.6) is 0 Å². The van der Waals surface area contributed by atoms with Crippen molar-refractivity contribution in [2.45, 2.75) is 31.3 Å². The van der Waals surface area contributed by atoms with Gasteiger partial charge in [0.25, 0.3) is 0 Å². The molecule has 1 atom stereocenters. The molecule has 1 N–H and O–H groups in total. The maximum absolute atomic E-state index is 3.84. The van der Waals surface area contributed by atoms with Gasteiger partial charge in [0.1, 0.15) is 0 Å². The van der Waals surface area contributed by atoms with Crippen molar-refractivity contribution >= 4 is 0 Å². The van der Waals surface area contributed by atoms with Crippen LogP contribution in [0.25, 0.3) is 0 Å². The molecule has 0 aliphatic carbocycles. The predicted octanol–water partition coefficient (Wildman–Crippen LogP) is 2.84. The minimum absolute atomic E-state index is 0.121. The monoisotopic (exact) mass is 187 g/mol. The molecule has 1 heteroatoms. The van der Waals surface area contributed by atoms with Gasteiger partial charge in [0.2, 0.25) is 0 Å². The summed E-state index contributed by atoms with van der Waals surface area (Å²) in [7, 11) is 0. The van der Waals surface area contributed by atoms with E-state index in [1.54, 1.807) is 0 Å². The van der Waals surface area contributed by atoms with Crippen LogP contribution in [-0.4, -0.2) is 5.54 Å². The zero-order chi connectivity index (χ0) is 10.2. The summed E-state index contributed by atoms with van der Waals surface area (Å²) in [6, 6.07) is 10.6. The Labute approximate surface area is 85.8 Å². The highest BCUT2D eigenvalue weighted by atomic mass is 15.3. The van der Waals surface area contributed by atoms with E-state index >= 15 is 0 Å². The molecule has 0 amide bonds. The lowest BCUT2D eigenvalue weighted by Crippen LogP contribution is -2.17. The highest BCUT2D eigenvalue weighted by Crippen LogP contribution is 2.49. The highest BCUT2D eigenvalue weighted by Gasteiger charge is 2.60. The van der Waals surface area contributed by atoms with Crippen molar-refractivity contribution in [1.82, 2.24) is 5.32 Å². The third kappa shape index (κ3) is 1.20. The lowest BCUT2D eigenvalue weighted by molar-refractivity contribution is 0.590. The molecule has 1 saturated heterocycles. The van der Waals surface area contributed by atoms with Crippen molar-refractivity contribution in [1.29, 1.82) is 0 Å². The van der Waals surface area contributed by atoms with E-state index in [1.807, 2.05) is 6.08 Å². The number of hydrogen-bond donors (Lipinski definition) is 1. The van der Waals surface area contributed by atoms with Gasteiger partial charge in [0, 0.05) is 5.54 Å². The van der Waals surface area contributed by atoms with Gasteiger partial charge in [-0.05, 0) is 25.8 Å². The first-order valence-electron chi connectivity index (χ1n) is 5.08. The molecule has 0 spiro atoms. The topological polar surface area (TPSA) is 21.9 Å². The van der Waals surface area contributed by atoms with E-state index < -0.39 is 0 Å². The molecule has 14 heavy (non-hydrogen) atoms. The zero-order valence-corrected chi connectivity index (χ0v) is 8.88. The van der Waals surface area contributed by atoms with Crippen LogP contribution >= 0.6 is 0 Å². The van der Waals surface area contributed by atoms with E-state index in [2.05, 4.69) is 56.1 Å². The number of rotatable bonds is 3. The van der Waals surface area contributed by atoms with Crippen LogP contribution in [0.2, 0.25) is 0 Å². The molecule has 1 aliphatic rings. The molecule has 1 heterocycles. The van der Waals surface area contributed by atoms with Crippen LogP contribution in [0.15, 0.2) is 43.0 Å². The molecule has 1 nitrogen and oxygen atoms in total. The van der Waals surface area contributed by atoms with E-state index in [9.17, 15) is 0 Å². The second-order valence-corrected chi connectivity index (χ2v) is 4.51. The van der Waals surface area contributed by atoms with Crippen molar-refractivity contribution in [3.05, 3.63) is 48.6 Å². The molecule has 0 aromatic heterocycles. The Balaban J connectivity index is 2.36. The molecule has 0 radical (unpaired) electrons. The van der Waals surface area contributed by atoms with Crippen molar-refractivity contribution in [3.8, 4) is 0 Å². The Bertz CT molecular complexity index is 340. The number of nitrogens with one attached hydrogen (secondary N) is 1. The summed E-state index contributed by atoms with van der Waals surface area (Å²) in [5, 5.41) is 3.57. The van der Waals surface area contributed by atoms with Gasteiger partial charge in [-0.3, -0.25) is 5.32 Å². The van der Waals surface area contributed by atoms with Crippen LogP contribution in [-0.2, 0) is 5.54 Å². The molecular weight excluding hydrogens is 170 g/mol. The maximum atomic E-state index is 3.84. The second-order valence-electron chi connectivity index (χ2n) is 4.51. The van der Waals surface area contributed by atoms with Gasteiger partial charge in [-0.2, -0.15) is 0 Å². The molecule has 1 fully saturated rings. The molecule has 1 aromatic rings. The summed E-state index contributed by atoms with van der Waals surface area (Å²) in [4.78, 5) is 0. The molecule has 1 unspecified atom stereocenters. The Morgan fingerprint density at radius 3 is 2.29 bits per heavy atom. The largest absolute Gasteiger partial charge is 0.298 e. The fourth-order valence-corrected chi connectivity index (χ4v) is 2.30. The molecule has 1 aliphatic heterocycles. The van der Waals surface area contributed by atoms with E-state index in [0.29, 0.717) is 0 Å². The van der Waals surface area contributed by atoms with Crippen LogP contribution in [0, 0.1) is 0 Å². The van der Waals surface area contributed by atoms with Crippen LogP contribution in [0.3, 0.4) is 0 Å². The van der Waals surface area contributed by atoms with E-state index in [1.165, 1.54) is 5.56 Å². The fraction of sp³-hybridized carbons (Fsp3) is 0.385. The van der Waals surface area contributed by atoms with Gasteiger partial charge in [0.05, 0.1) is 5.54 Å². The second kappa shape index (κ2) is 2.96. The molecular formula is C13H17N. The van der Waals surface area contributed by atoms with Gasteiger partial charge in [-0.25, -0.2) is 0 Å². The van der Waals surface area contributed by atoms with Gasteiger partial charge >= 0.3 is 0 Å². The SMILES string of the molecule is C=CCC1(c2ccccc2)NC1(C)C. The maximum Gasteiger partial charge on any atom is 0.0653 e. The first-order valence-corrected chi connectivity index (χ1v) is 5.08. The number of hydrogen-bond acceptors (Lipinski definition) is 1. The van der Waals surface area contributed by atoms with Crippen molar-refractivity contribution in [3.63, 3.8) is 0 Å². The van der Waals surface area contributed by atoms with Crippen LogP contribution in [0.1, 0.15) is 25.8 Å². The summed E-state index contributed by atoms with van der Waals surface area (Å²) in [5.74, 6) is 0. The van der Waals surface area contributed by atoms with Gasteiger partial charge in [-0.1, -0.05) is 36.4 Å². The highest BCUT2D eigenvalue weighted by molar-refractivity contribution is 5.39. The Hall–Kier alpha value is -1.08. The zero-order valence-electron chi connectivity index (χ0n) is 8.88. The Morgan fingerprint density at radius 1 is 1.29 bits per heavy atom. The minimum atomic E-state index is 0.121. The smallest absolute Gasteiger partial charge is 0.0653 e. The van der Waals surface area contributed by atoms with Crippen LogP contribution in [0.4, 0.5) is 0 Å². The molecule has 2 rings (SSSR count). The molecule has 0 saturated carbocycles. The fourth-order valence-electron chi connectivity index (χ4n) is 2.30. The average Bonchev–Trinajstić information content (AvgIpc) is 2.72. The van der Waals surface area contributed by atoms with Crippen molar-refractivity contribution in [2.24, 2.45) is 0 Å². The first-order chi connectivity index (χ1) is 6.62. The quantitative estimate of drug-likeness (QED) is 0.570. The van der Waals surface area contributed by atoms with E-state index in [0.717, 1.165) is 6.42 Å². The molecule has 74 valence electrons. The van der Waals surface area contributed by atoms with Crippen molar-refractivity contribution in [2.75, 3.05) is 0 Å². The summed E-state index contributed by atoms with van der Waals surface area (Å²) in [5.41, 5.74) is 1.68. The Kier molecular flexibility index (Phi) is 2.00. The summed E-state index contributed by atoms with van der Waals surface area (Å²) < 4.78 is 0. The summed E-state index contributed by atoms with van der Waals surface area (Å²) in [6.45, 7) is 8.32. The Morgan fingerprint density at radius 2 is 1.86 bits per heavy atom. The normalized spacial score (nSPS) is 28.4. The summed E-state index contributed by atoms with van der Waals surface area (Å²) in [6.07, 6.45) is 2.98. The van der Waals surface area contributed by atoms with E-state index in [-0.39, 0.29) is 11.1 Å². The lowest BCUT2D eigenvalue weighted by atomic mass is 9.86. The lowest BCUT2D eigenvalue weighted by Gasteiger charge is -2.16. The minimum Gasteiger partial charge on any atom is -0.298 e. The molecule has 1 aromatic carbocycles. The third-order valence-corrected chi connectivity index (χ3v) is 3.25.